The zero-order valence-electron chi connectivity index (χ0n) is 8.53. The van der Waals surface area contributed by atoms with Crippen LogP contribution in [0.4, 0.5) is 0 Å². The SMILES string of the molecule is CSC(C)(C(=O)O)C(C)(SC)C(=O)O. The molecule has 0 radical (unpaired) electrons. The molecule has 0 amide bonds. The van der Waals surface area contributed by atoms with E-state index >= 15 is 0 Å². The van der Waals surface area contributed by atoms with Gasteiger partial charge in [0.15, 0.2) is 0 Å². The van der Waals surface area contributed by atoms with E-state index in [1.165, 1.54) is 13.8 Å². The summed E-state index contributed by atoms with van der Waals surface area (Å²) < 4.78 is -2.67. The summed E-state index contributed by atoms with van der Waals surface area (Å²) in [4.78, 5) is 22.1. The van der Waals surface area contributed by atoms with Crippen molar-refractivity contribution in [3.05, 3.63) is 0 Å². The molecule has 0 saturated carbocycles. The van der Waals surface area contributed by atoms with Crippen molar-refractivity contribution in [2.24, 2.45) is 0 Å². The molecule has 0 rings (SSSR count). The lowest BCUT2D eigenvalue weighted by molar-refractivity contribution is -0.148. The van der Waals surface area contributed by atoms with Gasteiger partial charge < -0.3 is 10.2 Å². The molecule has 2 N–H and O–H groups in total. The van der Waals surface area contributed by atoms with Gasteiger partial charge in [0.1, 0.15) is 9.49 Å². The highest BCUT2D eigenvalue weighted by molar-refractivity contribution is 8.05. The number of carbonyl (C=O) groups is 2. The molecule has 0 bridgehead atoms. The van der Waals surface area contributed by atoms with Crippen molar-refractivity contribution in [2.75, 3.05) is 12.5 Å². The van der Waals surface area contributed by atoms with Gasteiger partial charge in [-0.25, -0.2) is 0 Å². The maximum atomic E-state index is 11.1. The zero-order valence-corrected chi connectivity index (χ0v) is 10.2. The lowest BCUT2D eigenvalue weighted by atomic mass is 9.94. The summed E-state index contributed by atoms with van der Waals surface area (Å²) >= 11 is 2.08. The van der Waals surface area contributed by atoms with Crippen LogP contribution in [0.3, 0.4) is 0 Å². The molecule has 0 aliphatic carbocycles. The summed E-state index contributed by atoms with van der Waals surface area (Å²) in [5.41, 5.74) is 0. The third-order valence-corrected chi connectivity index (χ3v) is 5.47. The van der Waals surface area contributed by atoms with Gasteiger partial charge in [0.25, 0.3) is 0 Å². The first-order chi connectivity index (χ1) is 6.26. The number of carboxylic acids is 2. The highest BCUT2D eigenvalue weighted by Gasteiger charge is 2.55. The Kier molecular flexibility index (Phi) is 4.33. The highest BCUT2D eigenvalue weighted by atomic mass is 32.2. The fraction of sp³-hybridized carbons (Fsp3) is 0.750. The molecule has 2 atom stereocenters. The molecule has 0 heterocycles. The van der Waals surface area contributed by atoms with Gasteiger partial charge in [-0.1, -0.05) is 0 Å². The summed E-state index contributed by atoms with van der Waals surface area (Å²) in [6, 6.07) is 0. The van der Waals surface area contributed by atoms with Crippen molar-refractivity contribution >= 4 is 35.5 Å². The average molecular weight is 238 g/mol. The Labute approximate surface area is 91.5 Å². The van der Waals surface area contributed by atoms with Gasteiger partial charge in [0.2, 0.25) is 0 Å². The molecule has 0 aromatic carbocycles. The molecule has 4 nitrogen and oxygen atoms in total. The molecule has 0 aromatic heterocycles. The van der Waals surface area contributed by atoms with Gasteiger partial charge in [-0.05, 0) is 26.4 Å². The Morgan fingerprint density at radius 3 is 1.21 bits per heavy atom. The standard InChI is InChI=1S/C8H14O4S2/c1-7(13-3,5(9)10)8(2,14-4)6(11)12/h1-4H3,(H,9,10)(H,11,12). The van der Waals surface area contributed by atoms with Gasteiger partial charge >= 0.3 is 11.9 Å². The van der Waals surface area contributed by atoms with E-state index in [9.17, 15) is 9.59 Å². The normalized spacial score (nSPS) is 19.4. The van der Waals surface area contributed by atoms with Gasteiger partial charge in [0, 0.05) is 0 Å². The van der Waals surface area contributed by atoms with E-state index in [1.807, 2.05) is 0 Å². The van der Waals surface area contributed by atoms with E-state index in [0.717, 1.165) is 23.5 Å². The molecular formula is C8H14O4S2. The van der Waals surface area contributed by atoms with Gasteiger partial charge in [-0.15, -0.1) is 23.5 Å². The van der Waals surface area contributed by atoms with Crippen molar-refractivity contribution in [3.63, 3.8) is 0 Å². The second kappa shape index (κ2) is 4.44. The van der Waals surface area contributed by atoms with Gasteiger partial charge in [0.05, 0.1) is 0 Å². The molecule has 6 heteroatoms. The molecule has 0 aromatic rings. The van der Waals surface area contributed by atoms with Crippen molar-refractivity contribution in [3.8, 4) is 0 Å². The minimum absolute atomic E-state index is 1.04. The molecule has 0 spiro atoms. The Bertz CT molecular complexity index is 230. The van der Waals surface area contributed by atoms with Gasteiger partial charge in [-0.3, -0.25) is 9.59 Å². The monoisotopic (exact) mass is 238 g/mol. The van der Waals surface area contributed by atoms with E-state index in [1.54, 1.807) is 12.5 Å². The first-order valence-electron chi connectivity index (χ1n) is 3.83. The Hall–Kier alpha value is -0.360. The van der Waals surface area contributed by atoms with E-state index in [-0.39, 0.29) is 0 Å². The van der Waals surface area contributed by atoms with Crippen LogP contribution in [-0.4, -0.2) is 44.2 Å². The number of thioether (sulfide) groups is 2. The van der Waals surface area contributed by atoms with Crippen molar-refractivity contribution in [1.29, 1.82) is 0 Å². The van der Waals surface area contributed by atoms with E-state index in [2.05, 4.69) is 0 Å². The summed E-state index contributed by atoms with van der Waals surface area (Å²) in [5, 5.41) is 18.1. The lowest BCUT2D eigenvalue weighted by Crippen LogP contribution is -2.55. The average Bonchev–Trinajstić information content (AvgIpc) is 2.14. The second-order valence-corrected chi connectivity index (χ2v) is 5.53. The molecule has 82 valence electrons. The fourth-order valence-corrected chi connectivity index (χ4v) is 2.78. The van der Waals surface area contributed by atoms with Crippen molar-refractivity contribution in [1.82, 2.24) is 0 Å². The van der Waals surface area contributed by atoms with Crippen LogP contribution < -0.4 is 0 Å². The molecule has 0 aliphatic rings. The molecular weight excluding hydrogens is 224 g/mol. The fourth-order valence-electron chi connectivity index (χ4n) is 0.972. The quantitative estimate of drug-likeness (QED) is 0.754. The van der Waals surface area contributed by atoms with Crippen LogP contribution in [0.15, 0.2) is 0 Å². The summed E-state index contributed by atoms with van der Waals surface area (Å²) in [6.45, 7) is 2.87. The number of carboxylic acid groups (broad SMARTS) is 2. The van der Waals surface area contributed by atoms with E-state index in [4.69, 9.17) is 10.2 Å². The number of aliphatic carboxylic acids is 2. The largest absolute Gasteiger partial charge is 0.480 e. The summed E-state index contributed by atoms with van der Waals surface area (Å²) in [5.74, 6) is -2.21. The first-order valence-corrected chi connectivity index (χ1v) is 6.28. The van der Waals surface area contributed by atoms with Gasteiger partial charge in [-0.2, -0.15) is 0 Å². The zero-order chi connectivity index (χ0) is 11.6. The predicted molar refractivity (Wildman–Crippen MR) is 59.1 cm³/mol. The first kappa shape index (κ1) is 13.6. The molecule has 0 aliphatic heterocycles. The highest BCUT2D eigenvalue weighted by Crippen LogP contribution is 2.43. The number of rotatable bonds is 5. The minimum Gasteiger partial charge on any atom is -0.480 e. The maximum Gasteiger partial charge on any atom is 0.321 e. The molecule has 14 heavy (non-hydrogen) atoms. The third-order valence-electron chi connectivity index (χ3n) is 2.54. The third kappa shape index (κ3) is 1.86. The van der Waals surface area contributed by atoms with E-state index < -0.39 is 21.4 Å². The van der Waals surface area contributed by atoms with Crippen molar-refractivity contribution in [2.45, 2.75) is 23.3 Å². The van der Waals surface area contributed by atoms with E-state index in [0.29, 0.717) is 0 Å². The van der Waals surface area contributed by atoms with Crippen LogP contribution in [0, 0.1) is 0 Å². The van der Waals surface area contributed by atoms with Crippen LogP contribution in [0.5, 0.6) is 0 Å². The Balaban J connectivity index is 5.37. The minimum atomic E-state index is -1.34. The molecule has 2 unspecified atom stereocenters. The lowest BCUT2D eigenvalue weighted by Gasteiger charge is -2.37. The molecule has 0 fully saturated rings. The second-order valence-electron chi connectivity index (χ2n) is 3.09. The Morgan fingerprint density at radius 2 is 1.14 bits per heavy atom. The summed E-state index contributed by atoms with van der Waals surface area (Å²) in [7, 11) is 0. The summed E-state index contributed by atoms with van der Waals surface area (Å²) in [6.07, 6.45) is 3.21. The number of hydrogen-bond acceptors (Lipinski definition) is 4. The van der Waals surface area contributed by atoms with Crippen LogP contribution >= 0.6 is 23.5 Å². The van der Waals surface area contributed by atoms with Crippen LogP contribution in [0.1, 0.15) is 13.8 Å². The topological polar surface area (TPSA) is 74.6 Å². The number of hydrogen-bond donors (Lipinski definition) is 2. The van der Waals surface area contributed by atoms with Crippen molar-refractivity contribution < 1.29 is 19.8 Å². The van der Waals surface area contributed by atoms with Crippen LogP contribution in [-0.2, 0) is 9.59 Å². The Morgan fingerprint density at radius 1 is 0.929 bits per heavy atom. The maximum absolute atomic E-state index is 11.1. The van der Waals surface area contributed by atoms with Crippen LogP contribution in [0.2, 0.25) is 0 Å². The smallest absolute Gasteiger partial charge is 0.321 e. The molecule has 0 saturated heterocycles. The predicted octanol–water partition coefficient (Wildman–Crippen LogP) is 1.40. The van der Waals surface area contributed by atoms with Crippen LogP contribution in [0.25, 0.3) is 0 Å².